The molecule has 1 aromatic carbocycles. The Hall–Kier alpha value is -2.14. The van der Waals surface area contributed by atoms with Crippen LogP contribution in [0.4, 0.5) is 0 Å². The van der Waals surface area contributed by atoms with E-state index in [0.29, 0.717) is 6.42 Å². The first kappa shape index (κ1) is 15.3. The van der Waals surface area contributed by atoms with E-state index in [4.69, 9.17) is 5.11 Å². The molecule has 2 aromatic rings. The van der Waals surface area contributed by atoms with Crippen molar-refractivity contribution in [3.63, 3.8) is 0 Å². The van der Waals surface area contributed by atoms with Crippen LogP contribution in [0.1, 0.15) is 17.5 Å². The third-order valence-electron chi connectivity index (χ3n) is 2.69. The lowest BCUT2D eigenvalue weighted by molar-refractivity contribution is 0.305. The molecule has 0 radical (unpaired) electrons. The van der Waals surface area contributed by atoms with Crippen molar-refractivity contribution < 1.29 is 13.5 Å². The van der Waals surface area contributed by atoms with Gasteiger partial charge in [-0.3, -0.25) is 0 Å². The Morgan fingerprint density at radius 3 is 2.86 bits per heavy atom. The molecule has 1 heterocycles. The third kappa shape index (κ3) is 4.16. The van der Waals surface area contributed by atoms with E-state index >= 15 is 0 Å². The molecule has 0 atom stereocenters. The highest BCUT2D eigenvalue weighted by Gasteiger charge is 2.15. The average molecular weight is 305 g/mol. The molecule has 0 spiro atoms. The van der Waals surface area contributed by atoms with Crippen LogP contribution in [0.15, 0.2) is 41.8 Å². The Kier molecular flexibility index (Phi) is 5.11. The van der Waals surface area contributed by atoms with Crippen LogP contribution in [0.3, 0.4) is 0 Å². The van der Waals surface area contributed by atoms with Crippen molar-refractivity contribution in [3.8, 4) is 11.8 Å². The molecule has 0 unspecified atom stereocenters. The first-order valence-corrected chi connectivity index (χ1v) is 7.77. The van der Waals surface area contributed by atoms with Crippen molar-refractivity contribution in [2.75, 3.05) is 6.61 Å². The van der Waals surface area contributed by atoms with Gasteiger partial charge < -0.3 is 10.1 Å². The van der Waals surface area contributed by atoms with Gasteiger partial charge in [0, 0.05) is 18.5 Å². The number of nitrogens with one attached hydrogen (secondary N) is 2. The molecule has 0 amide bonds. The fourth-order valence-corrected chi connectivity index (χ4v) is 2.56. The summed E-state index contributed by atoms with van der Waals surface area (Å²) < 4.78 is 26.5. The number of aliphatic hydroxyl groups is 1. The summed E-state index contributed by atoms with van der Waals surface area (Å²) in [5.74, 6) is 5.74. The van der Waals surface area contributed by atoms with E-state index in [9.17, 15) is 8.42 Å². The molecule has 0 bridgehead atoms. The molecule has 0 saturated heterocycles. The number of rotatable bonds is 5. The lowest BCUT2D eigenvalue weighted by Crippen LogP contribution is -2.23. The number of aromatic nitrogens is 2. The van der Waals surface area contributed by atoms with Gasteiger partial charge >= 0.3 is 0 Å². The van der Waals surface area contributed by atoms with Crippen molar-refractivity contribution in [1.29, 1.82) is 0 Å². The predicted octanol–water partition coefficient (Wildman–Crippen LogP) is 0.622. The highest BCUT2D eigenvalue weighted by atomic mass is 32.2. The van der Waals surface area contributed by atoms with E-state index in [2.05, 4.69) is 26.5 Å². The summed E-state index contributed by atoms with van der Waals surface area (Å²) in [6.07, 6.45) is 2.94. The molecule has 0 saturated carbocycles. The molecule has 0 aliphatic carbocycles. The van der Waals surface area contributed by atoms with Crippen LogP contribution in [0, 0.1) is 11.8 Å². The quantitative estimate of drug-likeness (QED) is 0.706. The molecule has 7 heteroatoms. The standard InChI is InChI=1S/C14H15N3O3S/c18-8-4-3-6-12-5-1-2-7-13(12)9-17-21(19,20)14-10-15-11-16-14/h1-2,5,7,10-11,17-18H,4,8-9H2,(H,15,16). The number of benzene rings is 1. The zero-order valence-corrected chi connectivity index (χ0v) is 12.0. The molecule has 6 nitrogen and oxygen atoms in total. The Bertz CT molecular complexity index is 743. The fraction of sp³-hybridized carbons (Fsp3) is 0.214. The summed E-state index contributed by atoms with van der Waals surface area (Å²) in [5.41, 5.74) is 1.50. The van der Waals surface area contributed by atoms with E-state index in [1.807, 2.05) is 18.2 Å². The largest absolute Gasteiger partial charge is 0.395 e. The van der Waals surface area contributed by atoms with Gasteiger partial charge in [0.05, 0.1) is 19.1 Å². The lowest BCUT2D eigenvalue weighted by Gasteiger charge is -2.06. The van der Waals surface area contributed by atoms with Gasteiger partial charge in [0.1, 0.15) is 0 Å². The smallest absolute Gasteiger partial charge is 0.257 e. The maximum atomic E-state index is 12.0. The minimum Gasteiger partial charge on any atom is -0.395 e. The Morgan fingerprint density at radius 1 is 1.33 bits per heavy atom. The molecule has 0 aliphatic rings. The van der Waals surface area contributed by atoms with Crippen LogP contribution in [0.25, 0.3) is 0 Å². The van der Waals surface area contributed by atoms with Crippen LogP contribution < -0.4 is 4.72 Å². The topological polar surface area (TPSA) is 95.1 Å². The average Bonchev–Trinajstić information content (AvgIpc) is 3.02. The number of hydrogen-bond acceptors (Lipinski definition) is 4. The molecule has 1 aromatic heterocycles. The number of aromatic amines is 1. The second-order valence-electron chi connectivity index (χ2n) is 4.17. The molecule has 110 valence electrons. The van der Waals surface area contributed by atoms with Gasteiger partial charge in [-0.25, -0.2) is 18.1 Å². The molecule has 21 heavy (non-hydrogen) atoms. The first-order chi connectivity index (χ1) is 10.1. The van der Waals surface area contributed by atoms with Crippen molar-refractivity contribution in [2.24, 2.45) is 0 Å². The SMILES string of the molecule is O=S(=O)(NCc1ccccc1C#CCCO)c1cnc[nH]1. The van der Waals surface area contributed by atoms with Gasteiger partial charge in [-0.15, -0.1) is 0 Å². The molecule has 0 aliphatic heterocycles. The van der Waals surface area contributed by atoms with E-state index in [0.717, 1.165) is 11.1 Å². The Balaban J connectivity index is 2.13. The first-order valence-electron chi connectivity index (χ1n) is 6.29. The number of sulfonamides is 1. The fourth-order valence-electron chi connectivity index (χ4n) is 1.65. The number of nitrogens with zero attached hydrogens (tertiary/aromatic N) is 1. The second kappa shape index (κ2) is 7.04. The number of imidazole rings is 1. The van der Waals surface area contributed by atoms with Gasteiger partial charge in [0.15, 0.2) is 5.03 Å². The maximum absolute atomic E-state index is 12.0. The van der Waals surface area contributed by atoms with Crippen molar-refractivity contribution in [2.45, 2.75) is 18.0 Å². The molecular formula is C14H15N3O3S. The van der Waals surface area contributed by atoms with E-state index in [1.165, 1.54) is 12.5 Å². The van der Waals surface area contributed by atoms with E-state index < -0.39 is 10.0 Å². The van der Waals surface area contributed by atoms with Crippen LogP contribution in [0.5, 0.6) is 0 Å². The van der Waals surface area contributed by atoms with Crippen molar-refractivity contribution >= 4 is 10.0 Å². The summed E-state index contributed by atoms with van der Waals surface area (Å²) in [5, 5.41) is 8.75. The Labute approximate surface area is 123 Å². The summed E-state index contributed by atoms with van der Waals surface area (Å²) in [6, 6.07) is 7.26. The summed E-state index contributed by atoms with van der Waals surface area (Å²) >= 11 is 0. The van der Waals surface area contributed by atoms with Crippen molar-refractivity contribution in [1.82, 2.24) is 14.7 Å². The highest BCUT2D eigenvalue weighted by molar-refractivity contribution is 7.89. The zero-order chi connectivity index (χ0) is 15.1. The second-order valence-corrected chi connectivity index (χ2v) is 5.91. The van der Waals surface area contributed by atoms with Crippen LogP contribution >= 0.6 is 0 Å². The lowest BCUT2D eigenvalue weighted by atomic mass is 10.1. The predicted molar refractivity (Wildman–Crippen MR) is 77.6 cm³/mol. The van der Waals surface area contributed by atoms with E-state index in [-0.39, 0.29) is 18.2 Å². The normalized spacial score (nSPS) is 10.9. The molecule has 0 fully saturated rings. The van der Waals surface area contributed by atoms with Crippen LogP contribution in [-0.2, 0) is 16.6 Å². The van der Waals surface area contributed by atoms with Crippen LogP contribution in [-0.4, -0.2) is 30.1 Å². The number of hydrogen-bond donors (Lipinski definition) is 3. The zero-order valence-electron chi connectivity index (χ0n) is 11.2. The maximum Gasteiger partial charge on any atom is 0.257 e. The van der Waals surface area contributed by atoms with Crippen LogP contribution in [0.2, 0.25) is 0 Å². The highest BCUT2D eigenvalue weighted by Crippen LogP contribution is 2.09. The van der Waals surface area contributed by atoms with Gasteiger partial charge in [0.2, 0.25) is 0 Å². The summed E-state index contributed by atoms with van der Waals surface area (Å²) in [7, 11) is -3.61. The Morgan fingerprint density at radius 2 is 2.14 bits per heavy atom. The van der Waals surface area contributed by atoms with Crippen molar-refractivity contribution in [3.05, 3.63) is 47.9 Å². The molecular weight excluding hydrogens is 290 g/mol. The monoisotopic (exact) mass is 305 g/mol. The summed E-state index contributed by atoms with van der Waals surface area (Å²) in [6.45, 7) is 0.132. The minimum atomic E-state index is -3.61. The summed E-state index contributed by atoms with van der Waals surface area (Å²) in [4.78, 5) is 6.24. The number of aliphatic hydroxyl groups excluding tert-OH is 1. The minimum absolute atomic E-state index is 0.00161. The van der Waals surface area contributed by atoms with Gasteiger partial charge in [0.25, 0.3) is 10.0 Å². The van der Waals surface area contributed by atoms with Gasteiger partial charge in [-0.1, -0.05) is 30.0 Å². The number of H-pyrrole nitrogens is 1. The molecule has 2 rings (SSSR count). The molecule has 3 N–H and O–H groups in total. The third-order valence-corrected chi connectivity index (χ3v) is 4.02. The van der Waals surface area contributed by atoms with Gasteiger partial charge in [-0.05, 0) is 11.6 Å². The van der Waals surface area contributed by atoms with Gasteiger partial charge in [-0.2, -0.15) is 0 Å². The van der Waals surface area contributed by atoms with E-state index in [1.54, 1.807) is 6.07 Å².